The van der Waals surface area contributed by atoms with Crippen molar-refractivity contribution in [3.8, 4) is 34.4 Å². The molecule has 1 aromatic heterocycles. The molecule has 0 saturated heterocycles. The molecule has 0 fully saturated rings. The van der Waals surface area contributed by atoms with E-state index in [1.807, 2.05) is 32.0 Å². The predicted octanol–water partition coefficient (Wildman–Crippen LogP) is 7.65. The van der Waals surface area contributed by atoms with Crippen LogP contribution >= 0.6 is 11.6 Å². The van der Waals surface area contributed by atoms with Crippen LogP contribution in [0.2, 0.25) is 5.02 Å². The Morgan fingerprint density at radius 2 is 1.87 bits per heavy atom. The number of aryl methyl sites for hydroxylation is 1. The zero-order valence-corrected chi connectivity index (χ0v) is 26.9. The number of hydrogen-bond acceptors (Lipinski definition) is 9. The maximum atomic E-state index is 14.0. The van der Waals surface area contributed by atoms with Crippen LogP contribution in [0, 0.1) is 17.0 Å². The van der Waals surface area contributed by atoms with E-state index in [1.54, 1.807) is 36.4 Å². The Hall–Kier alpha value is -5.42. The molecular formula is C35H31ClN4O7. The Kier molecular flexibility index (Phi) is 8.82. The molecule has 0 aliphatic carbocycles. The van der Waals surface area contributed by atoms with Gasteiger partial charge in [-0.3, -0.25) is 14.9 Å². The molecule has 0 unspecified atom stereocenters. The van der Waals surface area contributed by atoms with E-state index in [0.717, 1.165) is 16.9 Å². The van der Waals surface area contributed by atoms with Gasteiger partial charge in [-0.25, -0.2) is 4.98 Å². The number of halogens is 1. The average molecular weight is 655 g/mol. The van der Waals surface area contributed by atoms with Crippen molar-refractivity contribution in [2.45, 2.75) is 40.2 Å². The summed E-state index contributed by atoms with van der Waals surface area (Å²) in [5.74, 6) is 2.27. The van der Waals surface area contributed by atoms with E-state index < -0.39 is 10.5 Å². The van der Waals surface area contributed by atoms with Crippen molar-refractivity contribution in [2.75, 3.05) is 13.4 Å². The van der Waals surface area contributed by atoms with Crippen LogP contribution in [0.25, 0.3) is 22.3 Å². The van der Waals surface area contributed by atoms with Crippen molar-refractivity contribution >= 4 is 34.4 Å². The summed E-state index contributed by atoms with van der Waals surface area (Å²) in [5, 5.41) is 17.1. The maximum Gasteiger partial charge on any atom is 0.313 e. The normalized spacial score (nSPS) is 12.3. The minimum absolute atomic E-state index is 0.0218. The highest BCUT2D eigenvalue weighted by Crippen LogP contribution is 2.37. The molecule has 1 aliphatic rings. The molecule has 0 saturated carbocycles. The highest BCUT2D eigenvalue weighted by Gasteiger charge is 2.23. The molecule has 6 rings (SSSR count). The molecule has 0 spiro atoms. The van der Waals surface area contributed by atoms with Gasteiger partial charge in [-0.1, -0.05) is 43.6 Å². The van der Waals surface area contributed by atoms with Gasteiger partial charge in [0.2, 0.25) is 12.5 Å². The Labute approximate surface area is 275 Å². The Morgan fingerprint density at radius 3 is 2.64 bits per heavy atom. The number of nitrogens with zero attached hydrogens (tertiary/aromatic N) is 4. The van der Waals surface area contributed by atoms with Crippen LogP contribution in [-0.2, 0) is 6.61 Å². The lowest BCUT2D eigenvalue weighted by Crippen LogP contribution is -2.21. The van der Waals surface area contributed by atoms with Crippen molar-refractivity contribution in [3.05, 3.63) is 114 Å². The Balaban J connectivity index is 1.48. The molecular weight excluding hydrogens is 624 g/mol. The number of aromatic nitrogens is 2. The van der Waals surface area contributed by atoms with E-state index in [0.29, 0.717) is 46.0 Å². The van der Waals surface area contributed by atoms with Crippen molar-refractivity contribution in [1.29, 1.82) is 0 Å². The summed E-state index contributed by atoms with van der Waals surface area (Å²) < 4.78 is 24.0. The first kappa shape index (κ1) is 31.6. The van der Waals surface area contributed by atoms with Crippen LogP contribution in [0.15, 0.2) is 76.6 Å². The summed E-state index contributed by atoms with van der Waals surface area (Å²) in [4.78, 5) is 30.4. The van der Waals surface area contributed by atoms with Crippen LogP contribution < -0.4 is 24.5 Å². The molecule has 0 atom stereocenters. The van der Waals surface area contributed by atoms with E-state index in [9.17, 15) is 14.9 Å². The molecule has 0 bridgehead atoms. The highest BCUT2D eigenvalue weighted by atomic mass is 35.5. The third-order valence-electron chi connectivity index (χ3n) is 7.67. The maximum absolute atomic E-state index is 14.0. The molecule has 0 radical (unpaired) electrons. The molecule has 0 N–H and O–H groups in total. The molecule has 5 aromatic rings. The first-order chi connectivity index (χ1) is 22.6. The lowest BCUT2D eigenvalue weighted by atomic mass is 9.96. The number of nitro benzene ring substituents is 1. The van der Waals surface area contributed by atoms with Crippen molar-refractivity contribution in [2.24, 2.45) is 5.10 Å². The highest BCUT2D eigenvalue weighted by molar-refractivity contribution is 6.31. The van der Waals surface area contributed by atoms with E-state index in [1.165, 1.54) is 23.0 Å². The quantitative estimate of drug-likeness (QED) is 0.0854. The third-order valence-corrected chi connectivity index (χ3v) is 7.88. The minimum atomic E-state index is -0.579. The molecule has 4 aromatic carbocycles. The smallest absolute Gasteiger partial charge is 0.313 e. The summed E-state index contributed by atoms with van der Waals surface area (Å²) in [6.07, 6.45) is 1.32. The molecule has 11 nitrogen and oxygen atoms in total. The summed E-state index contributed by atoms with van der Waals surface area (Å²) in [7, 11) is 0. The fourth-order valence-corrected chi connectivity index (χ4v) is 5.59. The second-order valence-electron chi connectivity index (χ2n) is 11.2. The van der Waals surface area contributed by atoms with E-state index in [2.05, 4.69) is 18.9 Å². The SMILES string of the molecule is CCOc1cc(C)c(-c2nc3ccccc3c(=O)n2N=Cc2cc(Cl)cc([N+](=O)[O-])c2OCc2ccc3c(c2)OCO3)cc1C(C)C. The van der Waals surface area contributed by atoms with Gasteiger partial charge >= 0.3 is 5.69 Å². The first-order valence-corrected chi connectivity index (χ1v) is 15.4. The average Bonchev–Trinajstić information content (AvgIpc) is 3.52. The van der Waals surface area contributed by atoms with E-state index >= 15 is 0 Å². The number of nitro groups is 1. The zero-order chi connectivity index (χ0) is 33.2. The molecule has 2 heterocycles. The van der Waals surface area contributed by atoms with E-state index in [4.69, 9.17) is 35.5 Å². The van der Waals surface area contributed by atoms with E-state index in [-0.39, 0.29) is 41.3 Å². The van der Waals surface area contributed by atoms with Gasteiger partial charge in [-0.2, -0.15) is 9.78 Å². The van der Waals surface area contributed by atoms with Crippen LogP contribution in [0.1, 0.15) is 48.9 Å². The topological polar surface area (TPSA) is 127 Å². The van der Waals surface area contributed by atoms with Gasteiger partial charge in [0, 0.05) is 22.2 Å². The second-order valence-corrected chi connectivity index (χ2v) is 11.6. The van der Waals surface area contributed by atoms with Crippen LogP contribution in [-0.4, -0.2) is 34.2 Å². The van der Waals surface area contributed by atoms with Gasteiger partial charge in [-0.05, 0) is 78.9 Å². The number of hydrogen-bond donors (Lipinski definition) is 0. The fourth-order valence-electron chi connectivity index (χ4n) is 5.37. The largest absolute Gasteiger partial charge is 0.494 e. The van der Waals surface area contributed by atoms with Gasteiger partial charge in [-0.15, -0.1) is 0 Å². The van der Waals surface area contributed by atoms with Gasteiger partial charge in [0.15, 0.2) is 17.3 Å². The number of benzene rings is 4. The fraction of sp³-hybridized carbons (Fsp3) is 0.229. The van der Waals surface area contributed by atoms with Gasteiger partial charge in [0.05, 0.1) is 28.6 Å². The lowest BCUT2D eigenvalue weighted by Gasteiger charge is -2.18. The number of ether oxygens (including phenoxy) is 4. The zero-order valence-electron chi connectivity index (χ0n) is 26.2. The number of fused-ring (bicyclic) bond motifs is 2. The standard InChI is InChI=1S/C35H31ClN4O7/c1-5-44-31-12-21(4)27(16-26(31)20(2)3)34-38-28-9-7-6-8-25(28)35(41)39(34)37-17-23-14-24(36)15-29(40(42)43)33(23)45-18-22-10-11-30-32(13-22)47-19-46-30/h6-17,20H,5,18-19H2,1-4H3. The van der Waals surface area contributed by atoms with Crippen molar-refractivity contribution in [1.82, 2.24) is 9.66 Å². The van der Waals surface area contributed by atoms with Crippen LogP contribution in [0.4, 0.5) is 5.69 Å². The van der Waals surface area contributed by atoms with Gasteiger partial charge in [0.25, 0.3) is 5.56 Å². The van der Waals surface area contributed by atoms with Gasteiger partial charge < -0.3 is 18.9 Å². The minimum Gasteiger partial charge on any atom is -0.494 e. The monoisotopic (exact) mass is 654 g/mol. The molecule has 240 valence electrons. The number of rotatable bonds is 10. The summed E-state index contributed by atoms with van der Waals surface area (Å²) >= 11 is 6.33. The predicted molar refractivity (Wildman–Crippen MR) is 179 cm³/mol. The summed E-state index contributed by atoms with van der Waals surface area (Å²) in [6.45, 7) is 8.57. The molecule has 47 heavy (non-hydrogen) atoms. The Bertz CT molecular complexity index is 2110. The lowest BCUT2D eigenvalue weighted by molar-refractivity contribution is -0.385. The van der Waals surface area contributed by atoms with Crippen molar-refractivity contribution in [3.63, 3.8) is 0 Å². The first-order valence-electron chi connectivity index (χ1n) is 15.0. The molecule has 12 heteroatoms. The molecule has 1 aliphatic heterocycles. The summed E-state index contributed by atoms with van der Waals surface area (Å²) in [6, 6.07) is 18.9. The third kappa shape index (κ3) is 6.34. The summed E-state index contributed by atoms with van der Waals surface area (Å²) in [5.41, 5.74) is 3.10. The second kappa shape index (κ2) is 13.1. The van der Waals surface area contributed by atoms with Crippen LogP contribution in [0.3, 0.4) is 0 Å². The van der Waals surface area contributed by atoms with Crippen LogP contribution in [0.5, 0.6) is 23.0 Å². The van der Waals surface area contributed by atoms with Gasteiger partial charge in [0.1, 0.15) is 12.4 Å². The van der Waals surface area contributed by atoms with Crippen molar-refractivity contribution < 1.29 is 23.9 Å². The molecule has 0 amide bonds. The number of para-hydroxylation sites is 1. The Morgan fingerprint density at radius 1 is 1.09 bits per heavy atom.